The highest BCUT2D eigenvalue weighted by Gasteiger charge is 2.11. The average Bonchev–Trinajstić information content (AvgIpc) is 3.01. The maximum Gasteiger partial charge on any atom is 0.262 e. The molecule has 4 aromatic rings. The fourth-order valence-corrected chi connectivity index (χ4v) is 2.64. The molecular weight excluding hydrogens is 278 g/mol. The Kier molecular flexibility index (Phi) is 2.75. The molecule has 22 heavy (non-hydrogen) atoms. The summed E-state index contributed by atoms with van der Waals surface area (Å²) in [4.78, 5) is 21.0. The fraction of sp³-hybridized carbons (Fsp3) is 0.125. The molecule has 0 amide bonds. The minimum absolute atomic E-state index is 0.0660. The van der Waals surface area contributed by atoms with Gasteiger partial charge in [-0.1, -0.05) is 30.3 Å². The Morgan fingerprint density at radius 3 is 2.77 bits per heavy atom. The Morgan fingerprint density at radius 2 is 1.95 bits per heavy atom. The van der Waals surface area contributed by atoms with Crippen LogP contribution in [0.3, 0.4) is 0 Å². The Labute approximate surface area is 125 Å². The number of benzene rings is 1. The highest BCUT2D eigenvalue weighted by molar-refractivity contribution is 5.79. The standard InChI is InChI=1S/C16H13N5O/c1-11-7-14-13(8-17-16-18-10-19-21(14)16)15(22)20(11)9-12-5-3-2-4-6-12/h2-8,10H,9H2,1H3. The van der Waals surface area contributed by atoms with Crippen molar-refractivity contribution in [3.05, 3.63) is 70.5 Å². The Morgan fingerprint density at radius 1 is 1.14 bits per heavy atom. The van der Waals surface area contributed by atoms with Crippen LogP contribution < -0.4 is 5.56 Å². The smallest absolute Gasteiger partial charge is 0.262 e. The van der Waals surface area contributed by atoms with Crippen LogP contribution in [0.1, 0.15) is 11.3 Å². The summed E-state index contributed by atoms with van der Waals surface area (Å²) >= 11 is 0. The van der Waals surface area contributed by atoms with Crippen molar-refractivity contribution in [1.29, 1.82) is 0 Å². The van der Waals surface area contributed by atoms with Crippen molar-refractivity contribution in [3.8, 4) is 0 Å². The molecule has 0 N–H and O–H groups in total. The van der Waals surface area contributed by atoms with E-state index >= 15 is 0 Å². The molecule has 0 fully saturated rings. The van der Waals surface area contributed by atoms with Crippen LogP contribution in [0.4, 0.5) is 0 Å². The molecule has 0 saturated heterocycles. The van der Waals surface area contributed by atoms with Gasteiger partial charge in [-0.25, -0.2) is 4.98 Å². The first kappa shape index (κ1) is 12.7. The zero-order valence-corrected chi connectivity index (χ0v) is 12.0. The van der Waals surface area contributed by atoms with E-state index in [9.17, 15) is 4.79 Å². The van der Waals surface area contributed by atoms with Gasteiger partial charge >= 0.3 is 0 Å². The second kappa shape index (κ2) is 4.77. The van der Waals surface area contributed by atoms with E-state index in [1.165, 1.54) is 6.33 Å². The van der Waals surface area contributed by atoms with Crippen molar-refractivity contribution in [3.63, 3.8) is 0 Å². The number of hydrogen-bond acceptors (Lipinski definition) is 4. The highest BCUT2D eigenvalue weighted by atomic mass is 16.1. The second-order valence-corrected chi connectivity index (χ2v) is 5.19. The number of pyridine rings is 1. The van der Waals surface area contributed by atoms with Crippen molar-refractivity contribution in [2.45, 2.75) is 13.5 Å². The monoisotopic (exact) mass is 291 g/mol. The molecule has 0 unspecified atom stereocenters. The van der Waals surface area contributed by atoms with Gasteiger partial charge in [0.25, 0.3) is 11.3 Å². The van der Waals surface area contributed by atoms with Crippen LogP contribution in [-0.2, 0) is 6.54 Å². The van der Waals surface area contributed by atoms with Crippen LogP contribution in [0.2, 0.25) is 0 Å². The van der Waals surface area contributed by atoms with E-state index < -0.39 is 0 Å². The van der Waals surface area contributed by atoms with Crippen molar-refractivity contribution in [1.82, 2.24) is 24.1 Å². The Balaban J connectivity index is 1.97. The zero-order chi connectivity index (χ0) is 15.1. The topological polar surface area (TPSA) is 65.1 Å². The van der Waals surface area contributed by atoms with Crippen molar-refractivity contribution in [2.24, 2.45) is 0 Å². The number of aromatic nitrogens is 5. The van der Waals surface area contributed by atoms with E-state index in [2.05, 4.69) is 15.1 Å². The summed E-state index contributed by atoms with van der Waals surface area (Å²) in [5.74, 6) is 0.493. The molecule has 0 saturated carbocycles. The van der Waals surface area contributed by atoms with Crippen LogP contribution in [-0.4, -0.2) is 24.1 Å². The van der Waals surface area contributed by atoms with Gasteiger partial charge in [-0.15, -0.1) is 0 Å². The number of fused-ring (bicyclic) bond motifs is 3. The van der Waals surface area contributed by atoms with E-state index in [0.29, 0.717) is 17.7 Å². The SMILES string of the molecule is Cc1cc2c(cnc3ncnn32)c(=O)n1Cc1ccccc1. The fourth-order valence-electron chi connectivity index (χ4n) is 2.64. The van der Waals surface area contributed by atoms with E-state index in [1.807, 2.05) is 43.3 Å². The summed E-state index contributed by atoms with van der Waals surface area (Å²) in [7, 11) is 0. The predicted molar refractivity (Wildman–Crippen MR) is 82.8 cm³/mol. The summed E-state index contributed by atoms with van der Waals surface area (Å²) in [5, 5.41) is 4.68. The molecule has 6 heteroatoms. The van der Waals surface area contributed by atoms with Crippen LogP contribution in [0.5, 0.6) is 0 Å². The third-order valence-corrected chi connectivity index (χ3v) is 3.77. The molecule has 0 bridgehead atoms. The van der Waals surface area contributed by atoms with Gasteiger partial charge in [0.15, 0.2) is 0 Å². The van der Waals surface area contributed by atoms with Crippen molar-refractivity contribution in [2.75, 3.05) is 0 Å². The Bertz CT molecular complexity index is 1030. The highest BCUT2D eigenvalue weighted by Crippen LogP contribution is 2.13. The van der Waals surface area contributed by atoms with E-state index in [1.54, 1.807) is 15.3 Å². The first-order valence-electron chi connectivity index (χ1n) is 6.97. The normalized spacial score (nSPS) is 11.3. The molecule has 0 aliphatic rings. The number of hydrogen-bond donors (Lipinski definition) is 0. The van der Waals surface area contributed by atoms with Crippen LogP contribution >= 0.6 is 0 Å². The maximum atomic E-state index is 12.8. The number of rotatable bonds is 2. The van der Waals surface area contributed by atoms with Crippen LogP contribution in [0, 0.1) is 6.92 Å². The summed E-state index contributed by atoms with van der Waals surface area (Å²) < 4.78 is 3.35. The third-order valence-electron chi connectivity index (χ3n) is 3.77. The molecular formula is C16H13N5O. The van der Waals surface area contributed by atoms with Gasteiger partial charge in [-0.2, -0.15) is 14.6 Å². The lowest BCUT2D eigenvalue weighted by atomic mass is 10.2. The molecule has 0 radical (unpaired) electrons. The summed E-state index contributed by atoms with van der Waals surface area (Å²) in [5.41, 5.74) is 2.63. The molecule has 0 spiro atoms. The minimum atomic E-state index is -0.0660. The minimum Gasteiger partial charge on any atom is -0.308 e. The first-order chi connectivity index (χ1) is 10.7. The third kappa shape index (κ3) is 1.88. The lowest BCUT2D eigenvalue weighted by Gasteiger charge is -2.12. The summed E-state index contributed by atoms with van der Waals surface area (Å²) in [6.07, 6.45) is 3.01. The Hall–Kier alpha value is -3.02. The predicted octanol–water partition coefficient (Wildman–Crippen LogP) is 1.80. The van der Waals surface area contributed by atoms with E-state index in [0.717, 1.165) is 16.8 Å². The van der Waals surface area contributed by atoms with Gasteiger partial charge in [0.1, 0.15) is 6.33 Å². The molecule has 3 heterocycles. The molecule has 108 valence electrons. The quantitative estimate of drug-likeness (QED) is 0.565. The van der Waals surface area contributed by atoms with Gasteiger partial charge in [0.05, 0.1) is 17.4 Å². The first-order valence-corrected chi connectivity index (χ1v) is 6.97. The molecule has 3 aromatic heterocycles. The van der Waals surface area contributed by atoms with Gasteiger partial charge < -0.3 is 4.57 Å². The maximum absolute atomic E-state index is 12.8. The molecule has 0 aliphatic carbocycles. The van der Waals surface area contributed by atoms with Crippen molar-refractivity contribution >= 4 is 16.7 Å². The average molecular weight is 291 g/mol. The summed E-state index contributed by atoms with van der Waals surface area (Å²) in [6, 6.07) is 11.9. The van der Waals surface area contributed by atoms with E-state index in [4.69, 9.17) is 0 Å². The lowest BCUT2D eigenvalue weighted by Crippen LogP contribution is -2.24. The molecule has 4 rings (SSSR count). The number of nitrogens with zero attached hydrogens (tertiary/aromatic N) is 5. The largest absolute Gasteiger partial charge is 0.308 e. The lowest BCUT2D eigenvalue weighted by molar-refractivity contribution is 0.736. The van der Waals surface area contributed by atoms with Gasteiger partial charge in [-0.05, 0) is 18.6 Å². The van der Waals surface area contributed by atoms with Crippen molar-refractivity contribution < 1.29 is 0 Å². The second-order valence-electron chi connectivity index (χ2n) is 5.19. The molecule has 0 atom stereocenters. The van der Waals surface area contributed by atoms with Gasteiger partial charge in [0, 0.05) is 11.9 Å². The van der Waals surface area contributed by atoms with Crippen LogP contribution in [0.15, 0.2) is 53.7 Å². The van der Waals surface area contributed by atoms with Crippen LogP contribution in [0.25, 0.3) is 16.7 Å². The summed E-state index contributed by atoms with van der Waals surface area (Å²) in [6.45, 7) is 2.46. The van der Waals surface area contributed by atoms with E-state index in [-0.39, 0.29) is 5.56 Å². The van der Waals surface area contributed by atoms with Gasteiger partial charge in [-0.3, -0.25) is 4.79 Å². The molecule has 0 aliphatic heterocycles. The zero-order valence-electron chi connectivity index (χ0n) is 12.0. The number of aryl methyl sites for hydroxylation is 1. The van der Waals surface area contributed by atoms with Gasteiger partial charge in [0.2, 0.25) is 0 Å². The molecule has 6 nitrogen and oxygen atoms in total. The molecule has 1 aromatic carbocycles.